The highest BCUT2D eigenvalue weighted by Gasteiger charge is 2.13. The predicted octanol–water partition coefficient (Wildman–Crippen LogP) is -3.49. The van der Waals surface area contributed by atoms with E-state index < -0.39 is 5.44 Å². The number of likely N-dealkylation sites (N-methyl/N-ethyl adjacent to an activating group) is 1. The van der Waals surface area contributed by atoms with Crippen molar-refractivity contribution in [2.75, 3.05) is 20.6 Å². The summed E-state index contributed by atoms with van der Waals surface area (Å²) in [5, 5.41) is 9.43. The second kappa shape index (κ2) is 9.23. The van der Waals surface area contributed by atoms with Gasteiger partial charge in [-0.1, -0.05) is 18.7 Å². The predicted molar refractivity (Wildman–Crippen MR) is 51.2 cm³/mol. The smallest absolute Gasteiger partial charge is 0.191 e. The van der Waals surface area contributed by atoms with Gasteiger partial charge in [-0.2, -0.15) is 0 Å². The van der Waals surface area contributed by atoms with Crippen LogP contribution in [0.15, 0.2) is 0 Å². The first kappa shape index (κ1) is 16.1. The molecule has 3 nitrogen and oxygen atoms in total. The SMILES string of the molecule is CCCC(=O)SC(O)C[NH+](C)C.[I-]. The number of aliphatic hydroxyl groups excluding tert-OH is 1. The fraction of sp³-hybridized carbons (Fsp3) is 0.875. The molecule has 0 aromatic rings. The van der Waals surface area contributed by atoms with Crippen molar-refractivity contribution in [2.24, 2.45) is 0 Å². The first-order valence-electron chi connectivity index (χ1n) is 4.22. The third-order valence-electron chi connectivity index (χ3n) is 1.30. The highest BCUT2D eigenvalue weighted by atomic mass is 127. The number of carbonyl (C=O) groups is 1. The standard InChI is InChI=1S/C8H17NO2S.HI/c1-4-5-7(10)12-8(11)6-9(2)3;/h8,11H,4-6H2,1-3H3;1H. The van der Waals surface area contributed by atoms with Gasteiger partial charge in [-0.05, 0) is 6.42 Å². The Labute approximate surface area is 101 Å². The monoisotopic (exact) mass is 319 g/mol. The van der Waals surface area contributed by atoms with Gasteiger partial charge >= 0.3 is 0 Å². The summed E-state index contributed by atoms with van der Waals surface area (Å²) >= 11 is 1.05. The van der Waals surface area contributed by atoms with Crippen LogP contribution < -0.4 is 28.9 Å². The number of hydrogen-bond donors (Lipinski definition) is 2. The number of halogens is 1. The Hall–Kier alpha value is 0.670. The first-order valence-corrected chi connectivity index (χ1v) is 5.10. The third kappa shape index (κ3) is 10.6. The molecule has 0 spiro atoms. The molecule has 0 aliphatic carbocycles. The van der Waals surface area contributed by atoms with Crippen LogP contribution in [-0.4, -0.2) is 36.3 Å². The van der Waals surface area contributed by atoms with Crippen LogP contribution in [0.2, 0.25) is 0 Å². The van der Waals surface area contributed by atoms with E-state index >= 15 is 0 Å². The Morgan fingerprint density at radius 3 is 2.46 bits per heavy atom. The zero-order valence-corrected chi connectivity index (χ0v) is 11.3. The quantitative estimate of drug-likeness (QED) is 0.408. The minimum absolute atomic E-state index is 0. The zero-order valence-electron chi connectivity index (χ0n) is 8.34. The van der Waals surface area contributed by atoms with E-state index in [0.717, 1.165) is 23.1 Å². The summed E-state index contributed by atoms with van der Waals surface area (Å²) < 4.78 is 0. The molecule has 1 atom stereocenters. The maximum absolute atomic E-state index is 11.0. The molecular formula is C8H18INO2S. The van der Waals surface area contributed by atoms with E-state index in [-0.39, 0.29) is 29.1 Å². The van der Waals surface area contributed by atoms with Gasteiger partial charge in [0.25, 0.3) is 0 Å². The lowest BCUT2D eigenvalue weighted by molar-refractivity contribution is -0.859. The molecule has 0 aliphatic rings. The van der Waals surface area contributed by atoms with Crippen molar-refractivity contribution < 1.29 is 38.8 Å². The molecule has 0 rings (SSSR count). The minimum Gasteiger partial charge on any atom is -1.00 e. The lowest BCUT2D eigenvalue weighted by Crippen LogP contribution is -3.06. The van der Waals surface area contributed by atoms with Crippen molar-refractivity contribution in [3.05, 3.63) is 0 Å². The number of rotatable bonds is 5. The molecule has 0 aliphatic heterocycles. The number of aliphatic hydroxyl groups is 1. The van der Waals surface area contributed by atoms with Crippen LogP contribution in [0.5, 0.6) is 0 Å². The summed E-state index contributed by atoms with van der Waals surface area (Å²) in [6.45, 7) is 2.57. The molecule has 13 heavy (non-hydrogen) atoms. The highest BCUT2D eigenvalue weighted by Crippen LogP contribution is 2.11. The molecule has 0 fully saturated rings. The summed E-state index contributed by atoms with van der Waals surface area (Å²) in [4.78, 5) is 12.2. The maximum Gasteiger partial charge on any atom is 0.191 e. The van der Waals surface area contributed by atoms with Crippen LogP contribution in [0, 0.1) is 0 Å². The van der Waals surface area contributed by atoms with E-state index in [2.05, 4.69) is 0 Å². The molecule has 0 radical (unpaired) electrons. The van der Waals surface area contributed by atoms with Crippen LogP contribution in [-0.2, 0) is 4.79 Å². The molecule has 0 aromatic heterocycles. The average molecular weight is 319 g/mol. The van der Waals surface area contributed by atoms with Crippen molar-refractivity contribution in [1.82, 2.24) is 0 Å². The topological polar surface area (TPSA) is 41.7 Å². The van der Waals surface area contributed by atoms with E-state index in [0.29, 0.717) is 13.0 Å². The van der Waals surface area contributed by atoms with Gasteiger partial charge in [-0.15, -0.1) is 0 Å². The fourth-order valence-corrected chi connectivity index (χ4v) is 1.85. The molecule has 0 saturated heterocycles. The summed E-state index contributed by atoms with van der Waals surface area (Å²) in [5.41, 5.74) is -0.547. The Bertz CT molecular complexity index is 144. The van der Waals surface area contributed by atoms with Gasteiger partial charge in [0.05, 0.1) is 14.1 Å². The molecule has 80 valence electrons. The highest BCUT2D eigenvalue weighted by molar-refractivity contribution is 8.14. The Morgan fingerprint density at radius 1 is 1.54 bits per heavy atom. The molecule has 0 bridgehead atoms. The lowest BCUT2D eigenvalue weighted by Gasteiger charge is -2.11. The van der Waals surface area contributed by atoms with Crippen molar-refractivity contribution >= 4 is 16.9 Å². The van der Waals surface area contributed by atoms with Crippen molar-refractivity contribution in [1.29, 1.82) is 0 Å². The van der Waals surface area contributed by atoms with Gasteiger partial charge in [0.15, 0.2) is 10.6 Å². The van der Waals surface area contributed by atoms with Crippen LogP contribution in [0.1, 0.15) is 19.8 Å². The van der Waals surface area contributed by atoms with E-state index in [1.807, 2.05) is 21.0 Å². The minimum atomic E-state index is -0.547. The second-order valence-electron chi connectivity index (χ2n) is 3.11. The van der Waals surface area contributed by atoms with Crippen LogP contribution in [0.4, 0.5) is 0 Å². The van der Waals surface area contributed by atoms with Crippen LogP contribution in [0.3, 0.4) is 0 Å². The molecule has 0 heterocycles. The van der Waals surface area contributed by atoms with Gasteiger partial charge in [-0.3, -0.25) is 4.79 Å². The van der Waals surface area contributed by atoms with E-state index in [1.165, 1.54) is 0 Å². The van der Waals surface area contributed by atoms with Crippen molar-refractivity contribution in [2.45, 2.75) is 25.2 Å². The van der Waals surface area contributed by atoms with Gasteiger partial charge in [-0.25, -0.2) is 0 Å². The number of quaternary nitrogens is 1. The summed E-state index contributed by atoms with van der Waals surface area (Å²) in [6.07, 6.45) is 1.41. The van der Waals surface area contributed by atoms with Gasteiger partial charge in [0.2, 0.25) is 0 Å². The molecule has 0 aromatic carbocycles. The van der Waals surface area contributed by atoms with Gasteiger partial charge in [0, 0.05) is 6.42 Å². The number of thioether (sulfide) groups is 1. The maximum atomic E-state index is 11.0. The lowest BCUT2D eigenvalue weighted by atomic mass is 10.4. The summed E-state index contributed by atoms with van der Waals surface area (Å²) in [5.74, 6) is 0. The molecule has 1 unspecified atom stereocenters. The second-order valence-corrected chi connectivity index (χ2v) is 4.34. The Balaban J connectivity index is 0. The first-order chi connectivity index (χ1) is 5.56. The normalized spacial score (nSPS) is 12.4. The third-order valence-corrected chi connectivity index (χ3v) is 2.21. The van der Waals surface area contributed by atoms with E-state index in [9.17, 15) is 9.90 Å². The van der Waals surface area contributed by atoms with Gasteiger partial charge < -0.3 is 34.0 Å². The number of carbonyl (C=O) groups excluding carboxylic acids is 1. The Kier molecular flexibility index (Phi) is 11.4. The fourth-order valence-electron chi connectivity index (χ4n) is 0.806. The van der Waals surface area contributed by atoms with E-state index in [4.69, 9.17) is 0 Å². The van der Waals surface area contributed by atoms with Crippen LogP contribution >= 0.6 is 11.8 Å². The average Bonchev–Trinajstić information content (AvgIpc) is 1.84. The van der Waals surface area contributed by atoms with Crippen LogP contribution in [0.25, 0.3) is 0 Å². The van der Waals surface area contributed by atoms with Crippen molar-refractivity contribution in [3.63, 3.8) is 0 Å². The summed E-state index contributed by atoms with van der Waals surface area (Å²) in [7, 11) is 3.90. The zero-order chi connectivity index (χ0) is 9.56. The summed E-state index contributed by atoms with van der Waals surface area (Å²) in [6, 6.07) is 0. The van der Waals surface area contributed by atoms with E-state index in [1.54, 1.807) is 0 Å². The molecular weight excluding hydrogens is 301 g/mol. The largest absolute Gasteiger partial charge is 1.00 e. The number of nitrogens with one attached hydrogen (secondary N) is 1. The number of hydrogen-bond acceptors (Lipinski definition) is 3. The molecule has 2 N–H and O–H groups in total. The molecule has 5 heteroatoms. The van der Waals surface area contributed by atoms with Gasteiger partial charge in [0.1, 0.15) is 6.54 Å². The molecule has 0 amide bonds. The van der Waals surface area contributed by atoms with Crippen molar-refractivity contribution in [3.8, 4) is 0 Å². The Morgan fingerprint density at radius 2 is 2.08 bits per heavy atom. The molecule has 0 saturated carbocycles.